The van der Waals surface area contributed by atoms with Crippen molar-refractivity contribution in [1.82, 2.24) is 10.3 Å². The van der Waals surface area contributed by atoms with E-state index in [2.05, 4.69) is 10.3 Å². The second-order valence-electron chi connectivity index (χ2n) is 6.69. The molecule has 134 valence electrons. The topological polar surface area (TPSA) is 85.4 Å². The fraction of sp³-hybridized carbons (Fsp3) is 0.333. The number of alkyl carbamates (subject to hydrolysis) is 1. The minimum absolute atomic E-state index is 0.266. The van der Waals surface area contributed by atoms with Crippen LogP contribution in [0, 0.1) is 0 Å². The molecule has 0 saturated heterocycles. The van der Waals surface area contributed by atoms with Crippen LogP contribution in [-0.4, -0.2) is 31.4 Å². The van der Waals surface area contributed by atoms with Gasteiger partial charge in [-0.05, 0) is 44.5 Å². The third kappa shape index (κ3) is 5.86. The quantitative estimate of drug-likeness (QED) is 0.903. The van der Waals surface area contributed by atoms with Gasteiger partial charge in [-0.25, -0.2) is 13.2 Å². The van der Waals surface area contributed by atoms with Gasteiger partial charge in [-0.2, -0.15) is 0 Å². The van der Waals surface area contributed by atoms with Crippen LogP contribution in [-0.2, 0) is 21.1 Å². The Morgan fingerprint density at radius 3 is 2.16 bits per heavy atom. The van der Waals surface area contributed by atoms with Crippen LogP contribution >= 0.6 is 0 Å². The molecule has 0 saturated carbocycles. The number of amides is 1. The summed E-state index contributed by atoms with van der Waals surface area (Å²) in [5.41, 5.74) is 1.88. The number of hydrogen-bond donors (Lipinski definition) is 1. The number of carbonyl (C=O) groups is 1. The Balaban J connectivity index is 2.01. The van der Waals surface area contributed by atoms with E-state index in [0.717, 1.165) is 11.1 Å². The summed E-state index contributed by atoms with van der Waals surface area (Å²) in [7, 11) is -3.20. The van der Waals surface area contributed by atoms with Gasteiger partial charge in [0.2, 0.25) is 0 Å². The molecule has 25 heavy (non-hydrogen) atoms. The first-order valence-electron chi connectivity index (χ1n) is 7.77. The highest BCUT2D eigenvalue weighted by molar-refractivity contribution is 7.90. The number of nitrogens with one attached hydrogen (secondary N) is 1. The van der Waals surface area contributed by atoms with Gasteiger partial charge in [-0.1, -0.05) is 18.2 Å². The average molecular weight is 362 g/mol. The Morgan fingerprint density at radius 2 is 1.68 bits per heavy atom. The molecule has 0 atom stereocenters. The highest BCUT2D eigenvalue weighted by Gasteiger charge is 2.15. The van der Waals surface area contributed by atoms with Crippen molar-refractivity contribution in [2.75, 3.05) is 6.26 Å². The van der Waals surface area contributed by atoms with Gasteiger partial charge in [0, 0.05) is 18.0 Å². The van der Waals surface area contributed by atoms with Crippen LogP contribution in [0.5, 0.6) is 0 Å². The number of hydrogen-bond acceptors (Lipinski definition) is 5. The van der Waals surface area contributed by atoms with Gasteiger partial charge in [0.1, 0.15) is 5.60 Å². The maximum absolute atomic E-state index is 11.6. The smallest absolute Gasteiger partial charge is 0.407 e. The monoisotopic (exact) mass is 362 g/mol. The molecule has 1 N–H and O–H groups in total. The number of sulfone groups is 1. The summed E-state index contributed by atoms with van der Waals surface area (Å²) >= 11 is 0. The highest BCUT2D eigenvalue weighted by Crippen LogP contribution is 2.21. The van der Waals surface area contributed by atoms with E-state index >= 15 is 0 Å². The summed E-state index contributed by atoms with van der Waals surface area (Å²) in [5, 5.41) is 2.65. The number of carbonyl (C=O) groups excluding carboxylic acids is 1. The molecule has 0 aliphatic rings. The zero-order valence-electron chi connectivity index (χ0n) is 14.7. The molecule has 1 aromatic carbocycles. The average Bonchev–Trinajstić information content (AvgIpc) is 2.51. The summed E-state index contributed by atoms with van der Waals surface area (Å²) in [6.45, 7) is 5.67. The molecular formula is C18H22N2O4S. The number of ether oxygens (including phenoxy) is 1. The summed E-state index contributed by atoms with van der Waals surface area (Å²) in [6, 6.07) is 10.3. The molecule has 1 amide bonds. The Kier molecular flexibility index (Phi) is 5.47. The lowest BCUT2D eigenvalue weighted by molar-refractivity contribution is 0.0523. The molecule has 0 spiro atoms. The van der Waals surface area contributed by atoms with Crippen LogP contribution in [0.1, 0.15) is 26.5 Å². The van der Waals surface area contributed by atoms with Gasteiger partial charge in [0.25, 0.3) is 0 Å². The van der Waals surface area contributed by atoms with E-state index in [0.29, 0.717) is 5.69 Å². The van der Waals surface area contributed by atoms with Crippen molar-refractivity contribution in [3.63, 3.8) is 0 Å². The van der Waals surface area contributed by atoms with Gasteiger partial charge in [-0.3, -0.25) is 4.98 Å². The predicted molar refractivity (Wildman–Crippen MR) is 95.9 cm³/mol. The largest absolute Gasteiger partial charge is 0.444 e. The molecule has 1 heterocycles. The fourth-order valence-corrected chi connectivity index (χ4v) is 2.70. The molecule has 0 fully saturated rings. The van der Waals surface area contributed by atoms with Crippen molar-refractivity contribution in [3.8, 4) is 11.1 Å². The van der Waals surface area contributed by atoms with Crippen LogP contribution in [0.15, 0.2) is 47.5 Å². The van der Waals surface area contributed by atoms with Crippen LogP contribution in [0.3, 0.4) is 0 Å². The van der Waals surface area contributed by atoms with Gasteiger partial charge in [0.05, 0.1) is 17.1 Å². The number of pyridine rings is 1. The zero-order chi connectivity index (χ0) is 18.7. The van der Waals surface area contributed by atoms with E-state index in [9.17, 15) is 13.2 Å². The van der Waals surface area contributed by atoms with E-state index in [1.54, 1.807) is 57.3 Å². The Bertz CT molecular complexity index is 836. The number of rotatable bonds is 4. The third-order valence-corrected chi connectivity index (χ3v) is 4.38. The molecule has 0 aliphatic carbocycles. The standard InChI is InChI=1S/C18H22N2O4S/c1-18(2,3)24-17(21)20-12-15-8-5-14(11-19-15)13-6-9-16(10-7-13)25(4,22)23/h5-11H,12H2,1-4H3,(H,20,21). The lowest BCUT2D eigenvalue weighted by Crippen LogP contribution is -2.32. The maximum Gasteiger partial charge on any atom is 0.407 e. The molecule has 2 rings (SSSR count). The zero-order valence-corrected chi connectivity index (χ0v) is 15.6. The number of aromatic nitrogens is 1. The van der Waals surface area contributed by atoms with E-state index in [1.807, 2.05) is 6.07 Å². The Morgan fingerprint density at radius 1 is 1.08 bits per heavy atom. The van der Waals surface area contributed by atoms with Crippen molar-refractivity contribution in [1.29, 1.82) is 0 Å². The van der Waals surface area contributed by atoms with E-state index in [4.69, 9.17) is 4.74 Å². The van der Waals surface area contributed by atoms with Gasteiger partial charge in [0.15, 0.2) is 9.84 Å². The maximum atomic E-state index is 11.6. The van der Waals surface area contributed by atoms with E-state index < -0.39 is 21.5 Å². The van der Waals surface area contributed by atoms with E-state index in [1.165, 1.54) is 6.26 Å². The normalized spacial score (nSPS) is 11.8. The van der Waals surface area contributed by atoms with Gasteiger partial charge in [-0.15, -0.1) is 0 Å². The van der Waals surface area contributed by atoms with Crippen LogP contribution < -0.4 is 5.32 Å². The van der Waals surface area contributed by atoms with Crippen LogP contribution in [0.4, 0.5) is 4.79 Å². The van der Waals surface area contributed by atoms with Crippen molar-refractivity contribution in [2.24, 2.45) is 0 Å². The lowest BCUT2D eigenvalue weighted by atomic mass is 10.1. The first-order chi connectivity index (χ1) is 11.5. The summed E-state index contributed by atoms with van der Waals surface area (Å²) in [4.78, 5) is 16.2. The molecule has 2 aromatic rings. The van der Waals surface area contributed by atoms with Gasteiger partial charge >= 0.3 is 6.09 Å². The second kappa shape index (κ2) is 7.23. The number of benzene rings is 1. The first kappa shape index (κ1) is 18.9. The lowest BCUT2D eigenvalue weighted by Gasteiger charge is -2.19. The molecule has 1 aromatic heterocycles. The van der Waals surface area contributed by atoms with E-state index in [-0.39, 0.29) is 11.4 Å². The summed E-state index contributed by atoms with van der Waals surface area (Å²) in [5.74, 6) is 0. The van der Waals surface area contributed by atoms with Crippen LogP contribution in [0.2, 0.25) is 0 Å². The van der Waals surface area contributed by atoms with Crippen LogP contribution in [0.25, 0.3) is 11.1 Å². The molecule has 7 heteroatoms. The van der Waals surface area contributed by atoms with Gasteiger partial charge < -0.3 is 10.1 Å². The third-order valence-electron chi connectivity index (χ3n) is 3.25. The molecule has 0 aliphatic heterocycles. The van der Waals surface area contributed by atoms with Crippen molar-refractivity contribution >= 4 is 15.9 Å². The SMILES string of the molecule is CC(C)(C)OC(=O)NCc1ccc(-c2ccc(S(C)(=O)=O)cc2)cn1. The minimum atomic E-state index is -3.20. The first-order valence-corrected chi connectivity index (χ1v) is 9.66. The molecular weight excluding hydrogens is 340 g/mol. The summed E-state index contributed by atoms with van der Waals surface area (Å²) in [6.07, 6.45) is 2.37. The number of nitrogens with zero attached hydrogens (tertiary/aromatic N) is 1. The molecule has 0 unspecified atom stereocenters. The van der Waals surface area contributed by atoms with Crippen molar-refractivity contribution in [2.45, 2.75) is 37.8 Å². The Labute approximate surface area is 148 Å². The van der Waals surface area contributed by atoms with Crippen molar-refractivity contribution in [3.05, 3.63) is 48.3 Å². The molecule has 0 bridgehead atoms. The fourth-order valence-electron chi connectivity index (χ4n) is 2.07. The second-order valence-corrected chi connectivity index (χ2v) is 8.71. The highest BCUT2D eigenvalue weighted by atomic mass is 32.2. The minimum Gasteiger partial charge on any atom is -0.444 e. The molecule has 6 nitrogen and oxygen atoms in total. The summed E-state index contributed by atoms with van der Waals surface area (Å²) < 4.78 is 28.1. The molecule has 0 radical (unpaired) electrons. The Hall–Kier alpha value is -2.41. The van der Waals surface area contributed by atoms with Crippen molar-refractivity contribution < 1.29 is 17.9 Å². The predicted octanol–water partition coefficient (Wildman–Crippen LogP) is 3.18.